The van der Waals surface area contributed by atoms with Crippen molar-refractivity contribution in [2.75, 3.05) is 5.32 Å². The van der Waals surface area contributed by atoms with Crippen LogP contribution in [0.3, 0.4) is 0 Å². The highest BCUT2D eigenvalue weighted by Gasteiger charge is 2.35. The second-order valence-electron chi connectivity index (χ2n) is 3.69. The Bertz CT molecular complexity index is 648. The molecule has 0 unspecified atom stereocenters. The van der Waals surface area contributed by atoms with Crippen LogP contribution in [0, 0.1) is 5.82 Å². The second kappa shape index (κ2) is 5.12. The minimum absolute atomic E-state index is 0.161. The summed E-state index contributed by atoms with van der Waals surface area (Å²) in [6.07, 6.45) is -4.77. The summed E-state index contributed by atoms with van der Waals surface area (Å²) in [4.78, 5) is 6.24. The number of nitrogens with zero attached hydrogens (tertiary/aromatic N) is 2. The molecule has 0 atom stereocenters. The SMILES string of the molecule is Oc1ccc(Nc2cc(Cl)nc(C(F)(F)F)n2)c(F)c1. The number of nitrogens with one attached hydrogen (secondary N) is 1. The summed E-state index contributed by atoms with van der Waals surface area (Å²) >= 11 is 5.46. The van der Waals surface area contributed by atoms with Gasteiger partial charge >= 0.3 is 6.18 Å². The third-order valence-electron chi connectivity index (χ3n) is 2.16. The average molecular weight is 308 g/mol. The molecular formula is C11H6ClF4N3O. The summed E-state index contributed by atoms with van der Waals surface area (Å²) in [7, 11) is 0. The lowest BCUT2D eigenvalue weighted by Crippen LogP contribution is -2.12. The monoisotopic (exact) mass is 307 g/mol. The van der Waals surface area contributed by atoms with Crippen molar-refractivity contribution in [3.8, 4) is 5.75 Å². The van der Waals surface area contributed by atoms with Crippen LogP contribution in [-0.2, 0) is 6.18 Å². The third-order valence-corrected chi connectivity index (χ3v) is 2.36. The van der Waals surface area contributed by atoms with E-state index in [0.29, 0.717) is 0 Å². The van der Waals surface area contributed by atoms with E-state index in [1.54, 1.807) is 0 Å². The minimum atomic E-state index is -4.77. The molecule has 2 rings (SSSR count). The summed E-state index contributed by atoms with van der Waals surface area (Å²) in [5.74, 6) is -2.92. The Morgan fingerprint density at radius 1 is 1.15 bits per heavy atom. The van der Waals surface area contributed by atoms with Crippen molar-refractivity contribution in [3.05, 3.63) is 41.1 Å². The van der Waals surface area contributed by atoms with Crippen molar-refractivity contribution >= 4 is 23.1 Å². The van der Waals surface area contributed by atoms with Gasteiger partial charge in [0.1, 0.15) is 22.5 Å². The van der Waals surface area contributed by atoms with Crippen molar-refractivity contribution in [1.82, 2.24) is 9.97 Å². The Morgan fingerprint density at radius 2 is 1.85 bits per heavy atom. The minimum Gasteiger partial charge on any atom is -0.508 e. The maximum Gasteiger partial charge on any atom is 0.451 e. The average Bonchev–Trinajstić information content (AvgIpc) is 2.31. The third kappa shape index (κ3) is 3.27. The molecule has 1 aromatic carbocycles. The summed E-state index contributed by atoms with van der Waals surface area (Å²) in [6.45, 7) is 0. The van der Waals surface area contributed by atoms with Crippen LogP contribution in [0.15, 0.2) is 24.3 Å². The lowest BCUT2D eigenvalue weighted by molar-refractivity contribution is -0.144. The maximum atomic E-state index is 13.5. The van der Waals surface area contributed by atoms with Crippen LogP contribution in [0.1, 0.15) is 5.82 Å². The molecule has 4 nitrogen and oxygen atoms in total. The van der Waals surface area contributed by atoms with E-state index in [2.05, 4.69) is 15.3 Å². The van der Waals surface area contributed by atoms with Crippen molar-refractivity contribution in [2.24, 2.45) is 0 Å². The number of phenolic OH excluding ortho intramolecular Hbond substituents is 1. The van der Waals surface area contributed by atoms with Gasteiger partial charge < -0.3 is 10.4 Å². The highest BCUT2D eigenvalue weighted by atomic mass is 35.5. The first-order valence-corrected chi connectivity index (χ1v) is 5.51. The Kier molecular flexibility index (Phi) is 3.67. The van der Waals surface area contributed by atoms with Crippen LogP contribution in [-0.4, -0.2) is 15.1 Å². The van der Waals surface area contributed by atoms with E-state index in [0.717, 1.165) is 18.2 Å². The molecule has 0 bridgehead atoms. The number of anilines is 2. The number of alkyl halides is 3. The number of hydrogen-bond acceptors (Lipinski definition) is 4. The Hall–Kier alpha value is -2.09. The molecule has 2 aromatic rings. The van der Waals surface area contributed by atoms with Crippen molar-refractivity contribution < 1.29 is 22.7 Å². The predicted octanol–water partition coefficient (Wildman–Crippen LogP) is 3.74. The lowest BCUT2D eigenvalue weighted by atomic mass is 10.3. The van der Waals surface area contributed by atoms with Crippen LogP contribution in [0.25, 0.3) is 0 Å². The zero-order chi connectivity index (χ0) is 14.9. The second-order valence-corrected chi connectivity index (χ2v) is 4.07. The quantitative estimate of drug-likeness (QED) is 0.504. The molecule has 106 valence electrons. The smallest absolute Gasteiger partial charge is 0.451 e. The molecule has 2 N–H and O–H groups in total. The van der Waals surface area contributed by atoms with Crippen LogP contribution in [0.2, 0.25) is 5.15 Å². The molecule has 1 aromatic heterocycles. The molecule has 0 saturated carbocycles. The summed E-state index contributed by atoms with van der Waals surface area (Å²) in [5, 5.41) is 10.9. The first-order valence-electron chi connectivity index (χ1n) is 5.13. The van der Waals surface area contributed by atoms with Gasteiger partial charge in [0.15, 0.2) is 0 Å². The van der Waals surface area contributed by atoms with Crippen molar-refractivity contribution in [3.63, 3.8) is 0 Å². The standard InChI is InChI=1S/C11H6ClF4N3O/c12-8-4-9(19-10(18-8)11(14,15)16)17-7-2-1-5(20)3-6(7)13/h1-4,20H,(H,17,18,19). The first-order chi connectivity index (χ1) is 9.25. The van der Waals surface area contributed by atoms with Gasteiger partial charge in [-0.05, 0) is 12.1 Å². The predicted molar refractivity (Wildman–Crippen MR) is 63.4 cm³/mol. The van der Waals surface area contributed by atoms with E-state index in [1.165, 1.54) is 6.07 Å². The Labute approximate surface area is 115 Å². The zero-order valence-electron chi connectivity index (χ0n) is 9.54. The Morgan fingerprint density at radius 3 is 2.45 bits per heavy atom. The molecule has 0 fully saturated rings. The van der Waals surface area contributed by atoms with Gasteiger partial charge in [-0.2, -0.15) is 13.2 Å². The highest BCUT2D eigenvalue weighted by Crippen LogP contribution is 2.29. The van der Waals surface area contributed by atoms with Gasteiger partial charge in [-0.25, -0.2) is 14.4 Å². The first kappa shape index (κ1) is 14.3. The molecule has 0 aliphatic rings. The van der Waals surface area contributed by atoms with E-state index in [1.807, 2.05) is 0 Å². The zero-order valence-corrected chi connectivity index (χ0v) is 10.3. The maximum absolute atomic E-state index is 13.5. The number of benzene rings is 1. The van der Waals surface area contributed by atoms with Gasteiger partial charge in [-0.1, -0.05) is 11.6 Å². The van der Waals surface area contributed by atoms with Crippen LogP contribution in [0.5, 0.6) is 5.75 Å². The molecule has 0 saturated heterocycles. The van der Waals surface area contributed by atoms with Crippen molar-refractivity contribution in [2.45, 2.75) is 6.18 Å². The van der Waals surface area contributed by atoms with Gasteiger partial charge in [0.05, 0.1) is 5.69 Å². The number of rotatable bonds is 2. The number of hydrogen-bond donors (Lipinski definition) is 2. The molecule has 0 aliphatic heterocycles. The van der Waals surface area contributed by atoms with E-state index >= 15 is 0 Å². The Balaban J connectivity index is 2.36. The molecule has 20 heavy (non-hydrogen) atoms. The number of phenols is 1. The van der Waals surface area contributed by atoms with E-state index in [9.17, 15) is 17.6 Å². The number of halogens is 5. The van der Waals surface area contributed by atoms with E-state index in [4.69, 9.17) is 16.7 Å². The molecule has 0 amide bonds. The normalized spacial score (nSPS) is 11.4. The fourth-order valence-corrected chi connectivity index (χ4v) is 1.54. The van der Waals surface area contributed by atoms with Crippen LogP contribution < -0.4 is 5.32 Å². The van der Waals surface area contributed by atoms with Crippen LogP contribution in [0.4, 0.5) is 29.1 Å². The van der Waals surface area contributed by atoms with Gasteiger partial charge in [0.25, 0.3) is 0 Å². The largest absolute Gasteiger partial charge is 0.508 e. The van der Waals surface area contributed by atoms with Gasteiger partial charge in [-0.15, -0.1) is 0 Å². The van der Waals surface area contributed by atoms with E-state index in [-0.39, 0.29) is 17.3 Å². The fourth-order valence-electron chi connectivity index (χ4n) is 1.35. The summed E-state index contributed by atoms with van der Waals surface area (Å²) in [5.41, 5.74) is -0.161. The van der Waals surface area contributed by atoms with Gasteiger partial charge in [0.2, 0.25) is 5.82 Å². The summed E-state index contributed by atoms with van der Waals surface area (Å²) in [6, 6.07) is 4.13. The number of aromatic hydroxyl groups is 1. The summed E-state index contributed by atoms with van der Waals surface area (Å²) < 4.78 is 51.0. The fraction of sp³-hybridized carbons (Fsp3) is 0.0909. The van der Waals surface area contributed by atoms with Gasteiger partial charge in [-0.3, -0.25) is 0 Å². The molecule has 0 spiro atoms. The molecule has 1 heterocycles. The van der Waals surface area contributed by atoms with Crippen molar-refractivity contribution in [1.29, 1.82) is 0 Å². The van der Waals surface area contributed by atoms with E-state index < -0.39 is 23.0 Å². The molecule has 9 heteroatoms. The molecular weight excluding hydrogens is 302 g/mol. The van der Waals surface area contributed by atoms with Crippen LogP contribution >= 0.6 is 11.6 Å². The number of aromatic nitrogens is 2. The topological polar surface area (TPSA) is 58.0 Å². The lowest BCUT2D eigenvalue weighted by Gasteiger charge is -2.10. The van der Waals surface area contributed by atoms with Gasteiger partial charge in [0, 0.05) is 12.1 Å². The molecule has 0 aliphatic carbocycles. The molecule has 0 radical (unpaired) electrons. The highest BCUT2D eigenvalue weighted by molar-refractivity contribution is 6.29.